The zero-order valence-corrected chi connectivity index (χ0v) is 42.2. The number of fused-ring (bicyclic) bond motifs is 5. The van der Waals surface area contributed by atoms with Crippen LogP contribution in [-0.4, -0.2) is 44.8 Å². The van der Waals surface area contributed by atoms with Gasteiger partial charge in [-0.25, -0.2) is 4.98 Å². The second-order valence-corrected chi connectivity index (χ2v) is 19.0. The van der Waals surface area contributed by atoms with Gasteiger partial charge in [-0.2, -0.15) is 5.26 Å². The highest BCUT2D eigenvalue weighted by atomic mass is 16.2. The maximum Gasteiger partial charge on any atom is 0.223 e. The van der Waals surface area contributed by atoms with Gasteiger partial charge in [0.05, 0.1) is 17.9 Å². The van der Waals surface area contributed by atoms with Crippen molar-refractivity contribution in [2.24, 2.45) is 17.6 Å². The molecule has 2 fully saturated rings. The smallest absolute Gasteiger partial charge is 0.223 e. The number of hydrogen-bond donors (Lipinski definition) is 4. The van der Waals surface area contributed by atoms with E-state index in [0.29, 0.717) is 25.3 Å². The average Bonchev–Trinajstić information content (AvgIpc) is 3.48. The molecule has 0 radical (unpaired) electrons. The molecule has 5 aromatic carbocycles. The zero-order chi connectivity index (χ0) is 51.2. The van der Waals surface area contributed by atoms with Crippen molar-refractivity contribution >= 4 is 54.9 Å². The SMILES string of the molecule is N#Cc1nccc2ccccc12.NCc1nccc2ccccc12.O=C(NCC1NCCc2ccccc21)C1CCCCC1.O=C(NCc1nccc2ccccc12)C1CCCCC1.c1ccc2cnccc2c1. The highest BCUT2D eigenvalue weighted by Gasteiger charge is 2.24. The molecule has 2 aliphatic carbocycles. The van der Waals surface area contributed by atoms with E-state index in [-0.39, 0.29) is 29.7 Å². The fourth-order valence-corrected chi connectivity index (χ4v) is 10.1. The minimum absolute atomic E-state index is 0.194. The molecule has 1 atom stereocenters. The van der Waals surface area contributed by atoms with Gasteiger partial charge in [-0.3, -0.25) is 24.5 Å². The third kappa shape index (κ3) is 14.6. The van der Waals surface area contributed by atoms with Crippen molar-refractivity contribution in [3.63, 3.8) is 0 Å². The predicted molar refractivity (Wildman–Crippen MR) is 298 cm³/mol. The normalized spacial score (nSPS) is 15.2. The van der Waals surface area contributed by atoms with Crippen molar-refractivity contribution in [1.29, 1.82) is 5.26 Å². The number of nitrogens with zero attached hydrogens (tertiary/aromatic N) is 5. The molecule has 1 aliphatic heterocycles. The number of benzene rings is 5. The van der Waals surface area contributed by atoms with E-state index in [2.05, 4.69) is 96.6 Å². The van der Waals surface area contributed by atoms with Crippen LogP contribution in [0.15, 0.2) is 177 Å². The molecule has 1 unspecified atom stereocenters. The van der Waals surface area contributed by atoms with Crippen LogP contribution >= 0.6 is 0 Å². The molecule has 2 amide bonds. The number of hydrogen-bond acceptors (Lipinski definition) is 9. The van der Waals surface area contributed by atoms with Crippen molar-refractivity contribution in [2.75, 3.05) is 13.1 Å². The van der Waals surface area contributed by atoms with Gasteiger partial charge in [-0.05, 0) is 101 Å². The van der Waals surface area contributed by atoms with Gasteiger partial charge in [0.2, 0.25) is 11.8 Å². The number of rotatable bonds is 7. The van der Waals surface area contributed by atoms with Crippen LogP contribution in [0.25, 0.3) is 43.1 Å². The second kappa shape index (κ2) is 27.8. The van der Waals surface area contributed by atoms with Gasteiger partial charge >= 0.3 is 0 Å². The van der Waals surface area contributed by atoms with Gasteiger partial charge in [0.15, 0.2) is 0 Å². The Morgan fingerprint density at radius 3 is 1.68 bits per heavy atom. The first-order valence-corrected chi connectivity index (χ1v) is 26.2. The maximum atomic E-state index is 12.2. The van der Waals surface area contributed by atoms with Gasteiger partial charge in [-0.1, -0.05) is 160 Å². The summed E-state index contributed by atoms with van der Waals surface area (Å²) in [6.07, 6.45) is 21.6. The fraction of sp³-hybridized carbons (Fsp3) is 0.286. The van der Waals surface area contributed by atoms with Crippen molar-refractivity contribution in [3.8, 4) is 6.07 Å². The molecule has 0 spiro atoms. The molecule has 4 aromatic heterocycles. The molecule has 0 bridgehead atoms. The molecule has 3 aliphatic rings. The summed E-state index contributed by atoms with van der Waals surface area (Å²) in [5.74, 6) is 0.912. The van der Waals surface area contributed by atoms with Gasteiger partial charge in [-0.15, -0.1) is 0 Å². The number of nitriles is 1. The maximum absolute atomic E-state index is 12.2. The van der Waals surface area contributed by atoms with Crippen LogP contribution in [0.2, 0.25) is 0 Å². The van der Waals surface area contributed by atoms with Gasteiger partial charge in [0, 0.05) is 78.1 Å². The number of carbonyl (C=O) groups is 2. The van der Waals surface area contributed by atoms with Crippen LogP contribution < -0.4 is 21.7 Å². The Morgan fingerprint density at radius 2 is 1.05 bits per heavy atom. The molecule has 5 heterocycles. The molecule has 11 nitrogen and oxygen atoms in total. The largest absolute Gasteiger partial charge is 0.354 e. The summed E-state index contributed by atoms with van der Waals surface area (Å²) in [4.78, 5) is 41.0. The van der Waals surface area contributed by atoms with E-state index in [4.69, 9.17) is 11.0 Å². The fourth-order valence-electron chi connectivity index (χ4n) is 10.1. The first kappa shape index (κ1) is 52.4. The lowest BCUT2D eigenvalue weighted by Gasteiger charge is -2.28. The van der Waals surface area contributed by atoms with Crippen molar-refractivity contribution in [3.05, 3.63) is 205 Å². The first-order chi connectivity index (χ1) is 36.5. The summed E-state index contributed by atoms with van der Waals surface area (Å²) in [5, 5.41) is 27.5. The van der Waals surface area contributed by atoms with Crippen molar-refractivity contribution in [1.82, 2.24) is 35.9 Å². The van der Waals surface area contributed by atoms with Crippen LogP contribution in [0.3, 0.4) is 0 Å². The van der Waals surface area contributed by atoms with Crippen LogP contribution in [0.4, 0.5) is 0 Å². The van der Waals surface area contributed by atoms with E-state index < -0.39 is 0 Å². The third-order valence-electron chi connectivity index (χ3n) is 14.1. The van der Waals surface area contributed by atoms with E-state index in [1.165, 1.54) is 71.2 Å². The Labute approximate surface area is 435 Å². The summed E-state index contributed by atoms with van der Waals surface area (Å²) in [6, 6.07) is 51.0. The number of nitrogens with one attached hydrogen (secondary N) is 3. The number of amides is 2. The van der Waals surface area contributed by atoms with E-state index in [0.717, 1.165) is 71.6 Å². The standard InChI is InChI=1S/C17H24N2O.C17H20N2O.C10H10N2.C10H6N2.C9H7N/c2*20-17(14-7-2-1-3-8-14)19-12-16-15-9-5-4-6-13(15)10-11-18-16;2*11-7-10-9-4-2-1-3-8(9)5-6-12-10;1-2-4-9-7-10-6-5-8(9)3-1/h4-6,9,14,16,18H,1-3,7-8,10-12H2,(H,19,20);4-6,9-11,14H,1-3,7-8,12H2,(H,19,20);1-6H,7,11H2;1-6H;1-7H. The highest BCUT2D eigenvalue weighted by molar-refractivity contribution is 5.87. The van der Waals surface area contributed by atoms with Crippen molar-refractivity contribution in [2.45, 2.75) is 89.8 Å². The van der Waals surface area contributed by atoms with Crippen LogP contribution in [0, 0.1) is 23.2 Å². The predicted octanol–water partition coefficient (Wildman–Crippen LogP) is 12.0. The lowest BCUT2D eigenvalue weighted by atomic mass is 9.88. The Kier molecular flexibility index (Phi) is 19.7. The molecule has 12 rings (SSSR count). The lowest BCUT2D eigenvalue weighted by molar-refractivity contribution is -0.126. The van der Waals surface area contributed by atoms with Gasteiger partial charge < -0.3 is 21.7 Å². The molecule has 2 saturated carbocycles. The van der Waals surface area contributed by atoms with Crippen molar-refractivity contribution < 1.29 is 9.59 Å². The summed E-state index contributed by atoms with van der Waals surface area (Å²) in [6.45, 7) is 2.74. The second-order valence-electron chi connectivity index (χ2n) is 19.0. The molecular weight excluding hydrogens is 915 g/mol. The Hall–Kier alpha value is -7.91. The number of nitrogens with two attached hydrogens (primary N) is 1. The van der Waals surface area contributed by atoms with E-state index in [1.54, 1.807) is 12.4 Å². The Balaban J connectivity index is 0.000000127. The molecule has 0 saturated heterocycles. The number of carbonyl (C=O) groups excluding carboxylic acids is 2. The first-order valence-electron chi connectivity index (χ1n) is 26.2. The monoisotopic (exact) mass is 982 g/mol. The van der Waals surface area contributed by atoms with Gasteiger partial charge in [0.1, 0.15) is 11.8 Å². The minimum Gasteiger partial charge on any atom is -0.354 e. The molecular formula is C63H67N9O2. The van der Waals surface area contributed by atoms with E-state index >= 15 is 0 Å². The Bertz CT molecular complexity index is 3190. The number of aromatic nitrogens is 4. The minimum atomic E-state index is 0.194. The van der Waals surface area contributed by atoms with E-state index in [1.807, 2.05) is 110 Å². The zero-order valence-electron chi connectivity index (χ0n) is 42.2. The lowest BCUT2D eigenvalue weighted by Crippen LogP contribution is -2.41. The topological polar surface area (TPSA) is 172 Å². The quantitative estimate of drug-likeness (QED) is 0.121. The molecule has 74 heavy (non-hydrogen) atoms. The number of pyridine rings is 4. The Morgan fingerprint density at radius 1 is 0.554 bits per heavy atom. The summed E-state index contributed by atoms with van der Waals surface area (Å²) in [5.41, 5.74) is 10.7. The van der Waals surface area contributed by atoms with Crippen LogP contribution in [0.5, 0.6) is 0 Å². The molecule has 9 aromatic rings. The van der Waals surface area contributed by atoms with E-state index in [9.17, 15) is 9.59 Å². The third-order valence-corrected chi connectivity index (χ3v) is 14.1. The molecule has 11 heteroatoms. The van der Waals surface area contributed by atoms with Crippen LogP contribution in [0.1, 0.15) is 98.5 Å². The van der Waals surface area contributed by atoms with Gasteiger partial charge in [0.25, 0.3) is 0 Å². The summed E-state index contributed by atoms with van der Waals surface area (Å²) in [7, 11) is 0. The summed E-state index contributed by atoms with van der Waals surface area (Å²) >= 11 is 0. The highest BCUT2D eigenvalue weighted by Crippen LogP contribution is 2.27. The molecule has 5 N–H and O–H groups in total. The summed E-state index contributed by atoms with van der Waals surface area (Å²) < 4.78 is 0. The van der Waals surface area contributed by atoms with Crippen LogP contribution in [-0.2, 0) is 29.1 Å². The average molecular weight is 982 g/mol. The molecule has 376 valence electrons.